The van der Waals surface area contributed by atoms with Gasteiger partial charge in [-0.3, -0.25) is 0 Å². The average molecular weight is 387 g/mol. The van der Waals surface area contributed by atoms with Crippen LogP contribution in [0.25, 0.3) is 0 Å². The van der Waals surface area contributed by atoms with Crippen LogP contribution in [0.15, 0.2) is 48.5 Å². The highest BCUT2D eigenvalue weighted by atomic mass is 127. The molecule has 1 aliphatic rings. The van der Waals surface area contributed by atoms with Crippen LogP contribution >= 0.6 is 35.0 Å². The third-order valence-corrected chi connectivity index (χ3v) is 4.78. The van der Waals surface area contributed by atoms with Gasteiger partial charge in [-0.2, -0.15) is 0 Å². The molecule has 2 aromatic carbocycles. The molecule has 0 amide bonds. The molecular formula is C15H16ClIN2. The van der Waals surface area contributed by atoms with Gasteiger partial charge in [0.1, 0.15) is 4.05 Å². The molecule has 1 aliphatic heterocycles. The summed E-state index contributed by atoms with van der Waals surface area (Å²) >= 11 is 2.50. The Kier molecular flexibility index (Phi) is 4.58. The van der Waals surface area contributed by atoms with E-state index in [2.05, 4.69) is 70.0 Å². The Labute approximate surface area is 133 Å². The second-order valence-electron chi connectivity index (χ2n) is 4.58. The maximum atomic E-state index is 5.90. The number of rotatable bonds is 2. The molecular weight excluding hydrogens is 371 g/mol. The first-order chi connectivity index (χ1) is 8.75. The van der Waals surface area contributed by atoms with Crippen molar-refractivity contribution in [3.8, 4) is 0 Å². The summed E-state index contributed by atoms with van der Waals surface area (Å²) in [6, 6.07) is 16.9. The van der Waals surface area contributed by atoms with E-state index >= 15 is 0 Å². The van der Waals surface area contributed by atoms with E-state index in [1.165, 1.54) is 16.8 Å². The quantitative estimate of drug-likeness (QED) is 0.363. The molecule has 0 aliphatic carbocycles. The van der Waals surface area contributed by atoms with Crippen molar-refractivity contribution in [2.24, 2.45) is 0 Å². The zero-order valence-corrected chi connectivity index (χ0v) is 13.4. The minimum absolute atomic E-state index is 0. The fourth-order valence-corrected chi connectivity index (χ4v) is 3.44. The highest BCUT2D eigenvalue weighted by molar-refractivity contribution is 14.1. The number of alkyl halides is 1. The van der Waals surface area contributed by atoms with Gasteiger partial charge in [-0.1, -0.05) is 59.0 Å². The summed E-state index contributed by atoms with van der Waals surface area (Å²) in [4.78, 5) is 2.43. The molecule has 1 heterocycles. The highest BCUT2D eigenvalue weighted by Gasteiger charge is 2.25. The maximum Gasteiger partial charge on any atom is 0.106 e. The Morgan fingerprint density at radius 1 is 1.11 bits per heavy atom. The summed E-state index contributed by atoms with van der Waals surface area (Å²) in [6.07, 6.45) is 1.11. The van der Waals surface area contributed by atoms with Gasteiger partial charge in [-0.25, -0.2) is 0 Å². The summed E-state index contributed by atoms with van der Waals surface area (Å²) in [6.45, 7) is 1.07. The van der Waals surface area contributed by atoms with Crippen molar-refractivity contribution in [2.45, 2.75) is 10.5 Å². The van der Waals surface area contributed by atoms with Crippen LogP contribution in [-0.2, 0) is 6.42 Å². The first-order valence-corrected chi connectivity index (χ1v) is 7.34. The van der Waals surface area contributed by atoms with E-state index in [1.807, 2.05) is 6.07 Å². The highest BCUT2D eigenvalue weighted by Crippen LogP contribution is 2.39. The van der Waals surface area contributed by atoms with Crippen LogP contribution in [0.4, 0.5) is 11.4 Å². The summed E-state index contributed by atoms with van der Waals surface area (Å²) in [5, 5.41) is 0. The van der Waals surface area contributed by atoms with Gasteiger partial charge < -0.3 is 10.6 Å². The zero-order valence-electron chi connectivity index (χ0n) is 10.4. The minimum atomic E-state index is 0. The SMILES string of the molecule is Cl.Nc1ccc2c(c1)N(C(I)c1ccccc1)CC2. The topological polar surface area (TPSA) is 29.3 Å². The minimum Gasteiger partial charge on any atom is -0.399 e. The number of hydrogen-bond donors (Lipinski definition) is 1. The van der Waals surface area contributed by atoms with Crippen LogP contribution in [-0.4, -0.2) is 6.54 Å². The second kappa shape index (κ2) is 6.01. The predicted octanol–water partition coefficient (Wildman–Crippen LogP) is 4.19. The van der Waals surface area contributed by atoms with Gasteiger partial charge in [-0.05, 0) is 29.7 Å². The molecule has 0 aromatic heterocycles. The van der Waals surface area contributed by atoms with Gasteiger partial charge in [-0.15, -0.1) is 12.4 Å². The summed E-state index contributed by atoms with van der Waals surface area (Å²) in [5.41, 5.74) is 10.8. The Balaban J connectivity index is 0.00000133. The van der Waals surface area contributed by atoms with E-state index in [0.717, 1.165) is 18.7 Å². The molecule has 19 heavy (non-hydrogen) atoms. The predicted molar refractivity (Wildman–Crippen MR) is 92.4 cm³/mol. The van der Waals surface area contributed by atoms with Gasteiger partial charge in [0.25, 0.3) is 0 Å². The maximum absolute atomic E-state index is 5.90. The lowest BCUT2D eigenvalue weighted by Gasteiger charge is -2.26. The third kappa shape index (κ3) is 2.82. The van der Waals surface area contributed by atoms with Gasteiger partial charge in [0, 0.05) is 17.9 Å². The normalized spacial score (nSPS) is 14.7. The molecule has 1 atom stereocenters. The molecule has 0 radical (unpaired) electrons. The Morgan fingerprint density at radius 2 is 1.84 bits per heavy atom. The van der Waals surface area contributed by atoms with Gasteiger partial charge in [0.2, 0.25) is 0 Å². The summed E-state index contributed by atoms with van der Waals surface area (Å²) in [7, 11) is 0. The Morgan fingerprint density at radius 3 is 2.58 bits per heavy atom. The molecule has 100 valence electrons. The molecule has 0 saturated carbocycles. The van der Waals surface area contributed by atoms with Crippen molar-refractivity contribution < 1.29 is 0 Å². The summed E-state index contributed by atoms with van der Waals surface area (Å²) < 4.78 is 0.367. The molecule has 2 nitrogen and oxygen atoms in total. The third-order valence-electron chi connectivity index (χ3n) is 3.39. The number of fused-ring (bicyclic) bond motifs is 1. The number of nitrogens with two attached hydrogens (primary N) is 1. The van der Waals surface area contributed by atoms with Crippen LogP contribution in [0.3, 0.4) is 0 Å². The monoisotopic (exact) mass is 386 g/mol. The van der Waals surface area contributed by atoms with Crippen molar-refractivity contribution in [3.05, 3.63) is 59.7 Å². The lowest BCUT2D eigenvalue weighted by Crippen LogP contribution is -2.22. The van der Waals surface area contributed by atoms with Crippen molar-refractivity contribution >= 4 is 46.4 Å². The molecule has 2 N–H and O–H groups in total. The van der Waals surface area contributed by atoms with Crippen LogP contribution in [0, 0.1) is 0 Å². The largest absolute Gasteiger partial charge is 0.399 e. The molecule has 0 bridgehead atoms. The molecule has 1 unspecified atom stereocenters. The molecule has 4 heteroatoms. The van der Waals surface area contributed by atoms with Crippen LogP contribution in [0.2, 0.25) is 0 Å². The first-order valence-electron chi connectivity index (χ1n) is 6.10. The van der Waals surface area contributed by atoms with E-state index in [4.69, 9.17) is 5.73 Å². The fraction of sp³-hybridized carbons (Fsp3) is 0.200. The van der Waals surface area contributed by atoms with E-state index < -0.39 is 0 Å². The molecule has 0 fully saturated rings. The Bertz CT molecular complexity index is 559. The molecule has 0 spiro atoms. The number of halogens is 2. The first kappa shape index (κ1) is 14.5. The van der Waals surface area contributed by atoms with Gasteiger partial charge >= 0.3 is 0 Å². The zero-order chi connectivity index (χ0) is 12.5. The van der Waals surface area contributed by atoms with Crippen molar-refractivity contribution in [3.63, 3.8) is 0 Å². The number of anilines is 2. The molecule has 3 rings (SSSR count). The van der Waals surface area contributed by atoms with Gasteiger partial charge in [0.05, 0.1) is 0 Å². The van der Waals surface area contributed by atoms with Crippen molar-refractivity contribution in [1.29, 1.82) is 0 Å². The average Bonchev–Trinajstić information content (AvgIpc) is 2.82. The number of hydrogen-bond acceptors (Lipinski definition) is 2. The van der Waals surface area contributed by atoms with E-state index in [0.29, 0.717) is 4.05 Å². The van der Waals surface area contributed by atoms with E-state index in [1.54, 1.807) is 0 Å². The van der Waals surface area contributed by atoms with Crippen LogP contribution in [0.1, 0.15) is 15.2 Å². The number of benzene rings is 2. The second-order valence-corrected chi connectivity index (χ2v) is 5.76. The van der Waals surface area contributed by atoms with Crippen molar-refractivity contribution in [2.75, 3.05) is 17.2 Å². The van der Waals surface area contributed by atoms with E-state index in [-0.39, 0.29) is 12.4 Å². The lowest BCUT2D eigenvalue weighted by atomic mass is 10.1. The number of nitrogen functional groups attached to an aromatic ring is 1. The molecule has 0 saturated heterocycles. The van der Waals surface area contributed by atoms with Gasteiger partial charge in [0.15, 0.2) is 0 Å². The smallest absolute Gasteiger partial charge is 0.106 e. The lowest BCUT2D eigenvalue weighted by molar-refractivity contribution is 0.840. The van der Waals surface area contributed by atoms with Crippen molar-refractivity contribution in [1.82, 2.24) is 0 Å². The van der Waals surface area contributed by atoms with Crippen LogP contribution < -0.4 is 10.6 Å². The Hall–Kier alpha value is -0.940. The van der Waals surface area contributed by atoms with E-state index in [9.17, 15) is 0 Å². The van der Waals surface area contributed by atoms with Crippen LogP contribution in [0.5, 0.6) is 0 Å². The molecule has 2 aromatic rings. The number of nitrogens with zero attached hydrogens (tertiary/aromatic N) is 1. The fourth-order valence-electron chi connectivity index (χ4n) is 2.45. The summed E-state index contributed by atoms with van der Waals surface area (Å²) in [5.74, 6) is 0. The standard InChI is InChI=1S/C15H15IN2.ClH/c16-15(12-4-2-1-3-5-12)18-9-8-11-6-7-13(17)10-14(11)18;/h1-7,10,15H,8-9,17H2;1H.